The molecule has 3 aromatic rings. The van der Waals surface area contributed by atoms with Crippen LogP contribution < -0.4 is 10.5 Å². The number of hydrogen-bond donors (Lipinski definition) is 1. The monoisotopic (exact) mass is 454 g/mol. The fourth-order valence-electron chi connectivity index (χ4n) is 4.35. The first-order valence-electron chi connectivity index (χ1n) is 11.1. The molecule has 170 valence electrons. The van der Waals surface area contributed by atoms with Gasteiger partial charge in [0.25, 0.3) is 5.56 Å². The van der Waals surface area contributed by atoms with Crippen LogP contribution in [0.15, 0.2) is 23.0 Å². The summed E-state index contributed by atoms with van der Waals surface area (Å²) in [6.07, 6.45) is 0. The molecule has 0 bridgehead atoms. The smallest absolute Gasteiger partial charge is 0.348 e. The normalized spacial score (nSPS) is 15.8. The van der Waals surface area contributed by atoms with Crippen molar-refractivity contribution in [3.63, 3.8) is 0 Å². The average molecular weight is 455 g/mol. The molecule has 8 heteroatoms. The summed E-state index contributed by atoms with van der Waals surface area (Å²) in [5, 5.41) is 0.480. The van der Waals surface area contributed by atoms with Crippen LogP contribution in [0.4, 0.5) is 5.69 Å². The van der Waals surface area contributed by atoms with Crippen molar-refractivity contribution in [2.45, 2.75) is 40.7 Å². The number of esters is 1. The molecule has 1 N–H and O–H groups in total. The van der Waals surface area contributed by atoms with Gasteiger partial charge in [-0.1, -0.05) is 12.1 Å². The topological polar surface area (TPSA) is 78.5 Å². The molecule has 2 aromatic heterocycles. The van der Waals surface area contributed by atoms with Crippen LogP contribution in [0.25, 0.3) is 10.2 Å². The first kappa shape index (κ1) is 22.5. The van der Waals surface area contributed by atoms with E-state index in [0.717, 1.165) is 26.2 Å². The Morgan fingerprint density at radius 3 is 2.59 bits per heavy atom. The molecule has 0 spiro atoms. The van der Waals surface area contributed by atoms with Crippen molar-refractivity contribution in [3.05, 3.63) is 55.9 Å². The summed E-state index contributed by atoms with van der Waals surface area (Å²) < 4.78 is 5.13. The van der Waals surface area contributed by atoms with Crippen molar-refractivity contribution in [3.8, 4) is 0 Å². The lowest BCUT2D eigenvalue weighted by molar-refractivity contribution is 0.0531. The van der Waals surface area contributed by atoms with Crippen LogP contribution in [0.2, 0.25) is 0 Å². The molecule has 1 unspecified atom stereocenters. The minimum atomic E-state index is -0.399. The number of thiophene rings is 1. The third-order valence-electron chi connectivity index (χ3n) is 6.45. The summed E-state index contributed by atoms with van der Waals surface area (Å²) in [5.74, 6) is 0.240. The molecule has 7 nitrogen and oxygen atoms in total. The third-order valence-corrected chi connectivity index (χ3v) is 7.62. The Labute approximate surface area is 192 Å². The summed E-state index contributed by atoms with van der Waals surface area (Å²) in [4.78, 5) is 38.6. The lowest BCUT2D eigenvalue weighted by Crippen LogP contribution is -2.47. The molecular formula is C24H30N4O3S. The minimum Gasteiger partial charge on any atom is -0.462 e. The van der Waals surface area contributed by atoms with Crippen molar-refractivity contribution in [2.75, 3.05) is 37.7 Å². The second-order valence-corrected chi connectivity index (χ2v) is 9.33. The van der Waals surface area contributed by atoms with Gasteiger partial charge in [-0.25, -0.2) is 9.78 Å². The van der Waals surface area contributed by atoms with Crippen molar-refractivity contribution in [1.82, 2.24) is 14.9 Å². The van der Waals surface area contributed by atoms with Crippen molar-refractivity contribution in [2.24, 2.45) is 0 Å². The highest BCUT2D eigenvalue weighted by molar-refractivity contribution is 7.20. The molecule has 4 rings (SSSR count). The zero-order valence-corrected chi connectivity index (χ0v) is 20.1. The fraction of sp³-hybridized carbons (Fsp3) is 0.458. The number of nitrogens with one attached hydrogen (secondary N) is 1. The maximum atomic E-state index is 12.8. The average Bonchev–Trinajstić information content (AvgIpc) is 3.12. The van der Waals surface area contributed by atoms with E-state index in [0.29, 0.717) is 33.1 Å². The Balaban J connectivity index is 1.54. The van der Waals surface area contributed by atoms with Gasteiger partial charge in [-0.05, 0) is 57.4 Å². The highest BCUT2D eigenvalue weighted by Crippen LogP contribution is 2.30. The highest BCUT2D eigenvalue weighted by atomic mass is 32.1. The second-order valence-electron chi connectivity index (χ2n) is 8.33. The van der Waals surface area contributed by atoms with Crippen LogP contribution in [0.1, 0.15) is 52.1 Å². The molecule has 32 heavy (non-hydrogen) atoms. The first-order chi connectivity index (χ1) is 15.3. The Morgan fingerprint density at radius 1 is 1.19 bits per heavy atom. The van der Waals surface area contributed by atoms with Crippen LogP contribution in [-0.2, 0) is 4.74 Å². The fourth-order valence-corrected chi connectivity index (χ4v) is 5.43. The molecule has 1 aromatic carbocycles. The van der Waals surface area contributed by atoms with Gasteiger partial charge in [0.2, 0.25) is 0 Å². The lowest BCUT2D eigenvalue weighted by Gasteiger charge is -2.39. The van der Waals surface area contributed by atoms with Crippen molar-refractivity contribution < 1.29 is 9.53 Å². The predicted molar refractivity (Wildman–Crippen MR) is 129 cm³/mol. The molecule has 1 aliphatic heterocycles. The number of carbonyl (C=O) groups is 1. The number of aryl methyl sites for hydroxylation is 2. The summed E-state index contributed by atoms with van der Waals surface area (Å²) in [6, 6.07) is 6.43. The van der Waals surface area contributed by atoms with Gasteiger partial charge in [0.1, 0.15) is 15.5 Å². The number of H-pyrrole nitrogens is 1. The molecule has 0 saturated carbocycles. The van der Waals surface area contributed by atoms with Gasteiger partial charge in [-0.2, -0.15) is 0 Å². The Bertz CT molecular complexity index is 1210. The van der Waals surface area contributed by atoms with Gasteiger partial charge >= 0.3 is 5.97 Å². The first-order valence-corrected chi connectivity index (χ1v) is 11.9. The van der Waals surface area contributed by atoms with Crippen LogP contribution in [0, 0.1) is 20.8 Å². The number of hydrogen-bond acceptors (Lipinski definition) is 7. The number of aromatic nitrogens is 2. The molecule has 1 atom stereocenters. The lowest BCUT2D eigenvalue weighted by atomic mass is 10.1. The quantitative estimate of drug-likeness (QED) is 0.588. The van der Waals surface area contributed by atoms with Gasteiger partial charge in [0.15, 0.2) is 0 Å². The maximum Gasteiger partial charge on any atom is 0.348 e. The number of rotatable bonds is 5. The predicted octanol–water partition coefficient (Wildman–Crippen LogP) is 3.97. The van der Waals surface area contributed by atoms with Gasteiger partial charge in [-0.3, -0.25) is 9.69 Å². The summed E-state index contributed by atoms with van der Waals surface area (Å²) >= 11 is 1.23. The van der Waals surface area contributed by atoms with Gasteiger partial charge < -0.3 is 14.6 Å². The number of fused-ring (bicyclic) bond motifs is 1. The molecule has 1 aliphatic rings. The van der Waals surface area contributed by atoms with E-state index >= 15 is 0 Å². The number of nitrogens with zero attached hydrogens (tertiary/aromatic N) is 3. The summed E-state index contributed by atoms with van der Waals surface area (Å²) in [6.45, 7) is 13.9. The van der Waals surface area contributed by atoms with Crippen molar-refractivity contribution >= 4 is 33.2 Å². The molecule has 0 amide bonds. The van der Waals surface area contributed by atoms with E-state index in [9.17, 15) is 9.59 Å². The van der Waals surface area contributed by atoms with Crippen LogP contribution in [-0.4, -0.2) is 53.6 Å². The largest absolute Gasteiger partial charge is 0.462 e. The van der Waals surface area contributed by atoms with Gasteiger partial charge in [0.05, 0.1) is 18.0 Å². The molecule has 0 aliphatic carbocycles. The number of carbonyl (C=O) groups excluding carboxylic acids is 1. The third kappa shape index (κ3) is 4.04. The van der Waals surface area contributed by atoms with E-state index in [2.05, 4.69) is 53.8 Å². The number of benzene rings is 1. The Kier molecular flexibility index (Phi) is 6.35. The number of aromatic amines is 1. The molecule has 1 fully saturated rings. The van der Waals surface area contributed by atoms with E-state index in [1.54, 1.807) is 13.8 Å². The van der Waals surface area contributed by atoms with Crippen LogP contribution in [0.3, 0.4) is 0 Å². The SMILES string of the molecule is CCOC(=O)c1sc2nc(C(C)N3CCN(c4cccc(C)c4C)CC3)[nH]c(=O)c2c1C. The highest BCUT2D eigenvalue weighted by Gasteiger charge is 2.26. The second kappa shape index (κ2) is 9.03. The van der Waals surface area contributed by atoms with E-state index in [-0.39, 0.29) is 11.6 Å². The number of piperazine rings is 1. The van der Waals surface area contributed by atoms with Gasteiger partial charge in [-0.15, -0.1) is 11.3 Å². The molecule has 3 heterocycles. The van der Waals surface area contributed by atoms with Crippen molar-refractivity contribution in [1.29, 1.82) is 0 Å². The Morgan fingerprint density at radius 2 is 1.91 bits per heavy atom. The summed E-state index contributed by atoms with van der Waals surface area (Å²) in [5.41, 5.74) is 4.37. The Hall–Kier alpha value is -2.71. The number of anilines is 1. The minimum absolute atomic E-state index is 0.0266. The molecular weight excluding hydrogens is 424 g/mol. The van der Waals surface area contributed by atoms with Crippen LogP contribution in [0.5, 0.6) is 0 Å². The van der Waals surface area contributed by atoms with Crippen LogP contribution >= 0.6 is 11.3 Å². The summed E-state index contributed by atoms with van der Waals surface area (Å²) in [7, 11) is 0. The molecule has 0 radical (unpaired) electrons. The van der Waals surface area contributed by atoms with E-state index in [4.69, 9.17) is 9.72 Å². The maximum absolute atomic E-state index is 12.8. The number of ether oxygens (including phenoxy) is 1. The van der Waals surface area contributed by atoms with E-state index in [1.807, 2.05) is 0 Å². The zero-order chi connectivity index (χ0) is 23.0. The standard InChI is InChI=1S/C24H30N4O3S/c1-6-31-24(30)20-16(4)19-22(29)25-21(26-23(19)32-20)17(5)27-10-12-28(13-11-27)18-9-7-8-14(2)15(18)3/h7-9,17H,6,10-13H2,1-5H3,(H,25,26,29). The van der Waals surface area contributed by atoms with E-state index < -0.39 is 5.97 Å². The van der Waals surface area contributed by atoms with E-state index in [1.165, 1.54) is 28.2 Å². The van der Waals surface area contributed by atoms with Gasteiger partial charge in [0, 0.05) is 31.9 Å². The molecule has 1 saturated heterocycles. The zero-order valence-electron chi connectivity index (χ0n) is 19.3.